The second-order valence-electron chi connectivity index (χ2n) is 9.31. The topological polar surface area (TPSA) is 74.6 Å². The SMILES string of the molecule is O=C(O)C1CCC2CCCCC2C1.O=C(O)C1CCC2CCCCC2C1. The van der Waals surface area contributed by atoms with Crippen LogP contribution in [0.25, 0.3) is 0 Å². The predicted octanol–water partition coefficient (Wildman–Crippen LogP) is 5.36. The molecule has 4 saturated carbocycles. The van der Waals surface area contributed by atoms with E-state index in [4.69, 9.17) is 10.2 Å². The Morgan fingerprint density at radius 1 is 0.500 bits per heavy atom. The van der Waals surface area contributed by atoms with Crippen LogP contribution < -0.4 is 0 Å². The van der Waals surface area contributed by atoms with Gasteiger partial charge in [-0.1, -0.05) is 51.4 Å². The van der Waals surface area contributed by atoms with Crippen molar-refractivity contribution in [2.24, 2.45) is 35.5 Å². The third kappa shape index (κ3) is 5.01. The van der Waals surface area contributed by atoms with Crippen LogP contribution in [0.15, 0.2) is 0 Å². The Hall–Kier alpha value is -1.06. The highest BCUT2D eigenvalue weighted by Gasteiger charge is 2.35. The second-order valence-corrected chi connectivity index (χ2v) is 9.31. The van der Waals surface area contributed by atoms with Crippen molar-refractivity contribution < 1.29 is 19.8 Å². The van der Waals surface area contributed by atoms with E-state index in [-0.39, 0.29) is 11.8 Å². The summed E-state index contributed by atoms with van der Waals surface area (Å²) in [6.45, 7) is 0. The van der Waals surface area contributed by atoms with E-state index in [9.17, 15) is 9.59 Å². The first-order valence-electron chi connectivity index (χ1n) is 11.0. The third-order valence-electron chi connectivity index (χ3n) is 7.78. The minimum Gasteiger partial charge on any atom is -0.481 e. The fraction of sp³-hybridized carbons (Fsp3) is 0.909. The van der Waals surface area contributed by atoms with Gasteiger partial charge in [-0.15, -0.1) is 0 Å². The minimum atomic E-state index is -0.566. The van der Waals surface area contributed by atoms with Gasteiger partial charge in [0.15, 0.2) is 0 Å². The number of carbonyl (C=O) groups is 2. The van der Waals surface area contributed by atoms with Crippen LogP contribution in [0.5, 0.6) is 0 Å². The van der Waals surface area contributed by atoms with Gasteiger partial charge in [-0.25, -0.2) is 0 Å². The van der Waals surface area contributed by atoms with E-state index in [1.807, 2.05) is 0 Å². The molecule has 0 aromatic heterocycles. The Kier molecular flexibility index (Phi) is 6.99. The molecule has 0 radical (unpaired) electrons. The van der Waals surface area contributed by atoms with Crippen molar-refractivity contribution in [3.63, 3.8) is 0 Å². The zero-order chi connectivity index (χ0) is 18.5. The molecule has 2 N–H and O–H groups in total. The maximum atomic E-state index is 10.8. The van der Waals surface area contributed by atoms with Gasteiger partial charge < -0.3 is 10.2 Å². The highest BCUT2D eigenvalue weighted by molar-refractivity contribution is 5.70. The molecule has 0 bridgehead atoms. The molecule has 6 unspecified atom stereocenters. The van der Waals surface area contributed by atoms with E-state index in [0.717, 1.165) is 49.4 Å². The molecule has 4 rings (SSSR count). The van der Waals surface area contributed by atoms with Crippen molar-refractivity contribution in [2.45, 2.75) is 89.9 Å². The summed E-state index contributed by atoms with van der Waals surface area (Å²) in [7, 11) is 0. The van der Waals surface area contributed by atoms with Crippen LogP contribution in [0.4, 0.5) is 0 Å². The summed E-state index contributed by atoms with van der Waals surface area (Å²) in [6.07, 6.45) is 16.8. The Bertz CT molecular complexity index is 445. The van der Waals surface area contributed by atoms with Gasteiger partial charge in [0.1, 0.15) is 0 Å². The van der Waals surface area contributed by atoms with E-state index in [0.29, 0.717) is 0 Å². The highest BCUT2D eigenvalue weighted by Crippen LogP contribution is 2.43. The summed E-state index contributed by atoms with van der Waals surface area (Å²) in [4.78, 5) is 21.7. The van der Waals surface area contributed by atoms with Gasteiger partial charge in [0.2, 0.25) is 0 Å². The number of hydrogen-bond donors (Lipinski definition) is 2. The van der Waals surface area contributed by atoms with E-state index in [2.05, 4.69) is 0 Å². The zero-order valence-corrected chi connectivity index (χ0v) is 16.1. The first kappa shape index (κ1) is 19.7. The van der Waals surface area contributed by atoms with Crippen molar-refractivity contribution in [1.82, 2.24) is 0 Å². The summed E-state index contributed by atoms with van der Waals surface area (Å²) in [5.74, 6) is 2.02. The van der Waals surface area contributed by atoms with Gasteiger partial charge in [-0.05, 0) is 62.2 Å². The predicted molar refractivity (Wildman–Crippen MR) is 101 cm³/mol. The smallest absolute Gasteiger partial charge is 0.306 e. The number of carboxylic acids is 2. The maximum absolute atomic E-state index is 10.8. The Balaban J connectivity index is 0.000000151. The van der Waals surface area contributed by atoms with Crippen molar-refractivity contribution in [2.75, 3.05) is 0 Å². The van der Waals surface area contributed by atoms with Crippen molar-refractivity contribution in [3.05, 3.63) is 0 Å². The van der Waals surface area contributed by atoms with Crippen LogP contribution in [0.3, 0.4) is 0 Å². The number of carboxylic acid groups (broad SMARTS) is 2. The molecular formula is C22H36O4. The molecule has 0 aromatic carbocycles. The van der Waals surface area contributed by atoms with Gasteiger partial charge >= 0.3 is 11.9 Å². The Labute approximate surface area is 157 Å². The van der Waals surface area contributed by atoms with Gasteiger partial charge in [-0.2, -0.15) is 0 Å². The lowest BCUT2D eigenvalue weighted by molar-refractivity contribution is -0.145. The zero-order valence-electron chi connectivity index (χ0n) is 16.1. The molecule has 4 fully saturated rings. The molecule has 0 saturated heterocycles. The number of fused-ring (bicyclic) bond motifs is 2. The molecule has 4 nitrogen and oxygen atoms in total. The molecule has 26 heavy (non-hydrogen) atoms. The molecule has 0 spiro atoms. The minimum absolute atomic E-state index is 0.0284. The molecular weight excluding hydrogens is 328 g/mol. The van der Waals surface area contributed by atoms with Crippen LogP contribution >= 0.6 is 0 Å². The monoisotopic (exact) mass is 364 g/mol. The molecule has 0 aromatic rings. The molecule has 0 aliphatic heterocycles. The van der Waals surface area contributed by atoms with Crippen LogP contribution in [0.2, 0.25) is 0 Å². The van der Waals surface area contributed by atoms with E-state index in [1.54, 1.807) is 0 Å². The van der Waals surface area contributed by atoms with Crippen molar-refractivity contribution in [1.29, 1.82) is 0 Å². The summed E-state index contributed by atoms with van der Waals surface area (Å²) in [5.41, 5.74) is 0. The third-order valence-corrected chi connectivity index (χ3v) is 7.78. The van der Waals surface area contributed by atoms with Crippen LogP contribution in [0.1, 0.15) is 89.9 Å². The number of aliphatic carboxylic acids is 2. The summed E-state index contributed by atoms with van der Waals surface area (Å²) in [6, 6.07) is 0. The van der Waals surface area contributed by atoms with E-state index in [1.165, 1.54) is 64.2 Å². The lowest BCUT2D eigenvalue weighted by Gasteiger charge is -2.37. The van der Waals surface area contributed by atoms with Crippen LogP contribution in [-0.4, -0.2) is 22.2 Å². The summed E-state index contributed by atoms with van der Waals surface area (Å²) < 4.78 is 0. The maximum Gasteiger partial charge on any atom is 0.306 e. The first-order valence-corrected chi connectivity index (χ1v) is 11.0. The molecule has 4 aliphatic rings. The fourth-order valence-electron chi connectivity index (χ4n) is 6.20. The molecule has 0 amide bonds. The lowest BCUT2D eigenvalue weighted by atomic mass is 9.67. The first-order chi connectivity index (χ1) is 12.5. The molecule has 6 atom stereocenters. The van der Waals surface area contributed by atoms with Crippen molar-refractivity contribution in [3.8, 4) is 0 Å². The average molecular weight is 365 g/mol. The molecule has 148 valence electrons. The van der Waals surface area contributed by atoms with Crippen LogP contribution in [-0.2, 0) is 9.59 Å². The second kappa shape index (κ2) is 9.23. The Morgan fingerprint density at radius 3 is 1.19 bits per heavy atom. The van der Waals surface area contributed by atoms with E-state index >= 15 is 0 Å². The van der Waals surface area contributed by atoms with Gasteiger partial charge in [0.25, 0.3) is 0 Å². The van der Waals surface area contributed by atoms with Gasteiger partial charge in [0, 0.05) is 0 Å². The Morgan fingerprint density at radius 2 is 0.846 bits per heavy atom. The largest absolute Gasteiger partial charge is 0.481 e. The van der Waals surface area contributed by atoms with Gasteiger partial charge in [0.05, 0.1) is 11.8 Å². The standard InChI is InChI=1S/2C11H18O2/c2*12-11(13)10-6-5-8-3-1-2-4-9(8)7-10/h2*8-10H,1-7H2,(H,12,13). The molecule has 4 heteroatoms. The molecule has 0 heterocycles. The van der Waals surface area contributed by atoms with Crippen molar-refractivity contribution >= 4 is 11.9 Å². The summed E-state index contributed by atoms with van der Waals surface area (Å²) in [5, 5.41) is 17.9. The normalized spacial score (nSPS) is 39.5. The highest BCUT2D eigenvalue weighted by atomic mass is 16.4. The molecule has 4 aliphatic carbocycles. The quantitative estimate of drug-likeness (QED) is 0.692. The number of rotatable bonds is 2. The number of hydrogen-bond acceptors (Lipinski definition) is 2. The fourth-order valence-corrected chi connectivity index (χ4v) is 6.20. The summed E-state index contributed by atoms with van der Waals surface area (Å²) >= 11 is 0. The van der Waals surface area contributed by atoms with Crippen LogP contribution in [0, 0.1) is 35.5 Å². The van der Waals surface area contributed by atoms with E-state index < -0.39 is 11.9 Å². The lowest BCUT2D eigenvalue weighted by Crippen LogP contribution is -2.31. The average Bonchev–Trinajstić information content (AvgIpc) is 2.67. The van der Waals surface area contributed by atoms with Gasteiger partial charge in [-0.3, -0.25) is 9.59 Å².